The van der Waals surface area contributed by atoms with Crippen LogP contribution in [0.15, 0.2) is 30.3 Å². The molecule has 0 saturated heterocycles. The second-order valence-electron chi connectivity index (χ2n) is 1.97. The van der Waals surface area contributed by atoms with E-state index in [2.05, 4.69) is 4.74 Å². The first-order valence-corrected chi connectivity index (χ1v) is 3.49. The van der Waals surface area contributed by atoms with E-state index in [1.807, 2.05) is 6.07 Å². The summed E-state index contributed by atoms with van der Waals surface area (Å²) in [5, 5.41) is 14.0. The van der Waals surface area contributed by atoms with Crippen molar-refractivity contribution in [2.24, 2.45) is 0 Å². The predicted octanol–water partition coefficient (Wildman–Crippen LogP) is -0.0216. The van der Waals surface area contributed by atoms with E-state index in [9.17, 15) is 4.79 Å². The van der Waals surface area contributed by atoms with Crippen LogP contribution in [-0.4, -0.2) is 30.8 Å². The number of carbonyl (C=O) groups is 1. The van der Waals surface area contributed by atoms with Crippen LogP contribution >= 0.6 is 0 Å². The number of hydrogen-bond donors (Lipinski definition) is 2. The van der Waals surface area contributed by atoms with Crippen LogP contribution in [-0.2, 0) is 4.74 Å². The first-order chi connectivity index (χ1) is 6.26. The molecule has 0 spiro atoms. The van der Waals surface area contributed by atoms with Gasteiger partial charge in [-0.2, -0.15) is 0 Å². The van der Waals surface area contributed by atoms with Crippen molar-refractivity contribution in [3.63, 3.8) is 0 Å². The lowest BCUT2D eigenvalue weighted by Crippen LogP contribution is -1.99. The molecule has 0 amide bonds. The summed E-state index contributed by atoms with van der Waals surface area (Å²) in [6.07, 6.45) is 0. The van der Waals surface area contributed by atoms with E-state index in [1.54, 1.807) is 24.3 Å². The molecule has 0 aromatic heterocycles. The van der Waals surface area contributed by atoms with Crippen molar-refractivity contribution in [2.45, 2.75) is 0 Å². The Kier molecular flexibility index (Phi) is 6.58. The van der Waals surface area contributed by atoms with Crippen molar-refractivity contribution in [1.82, 2.24) is 0 Å². The van der Waals surface area contributed by atoms with Gasteiger partial charge in [-0.3, -0.25) is 0 Å². The fourth-order valence-electron chi connectivity index (χ4n) is 0.692. The van der Waals surface area contributed by atoms with E-state index in [1.165, 1.54) is 7.11 Å². The highest BCUT2D eigenvalue weighted by molar-refractivity contribution is 6.13. The topological polar surface area (TPSA) is 66.8 Å². The smallest absolute Gasteiger partial charge is 0.465 e. The molecule has 1 aromatic rings. The number of esters is 1. The Morgan fingerprint density at radius 1 is 1.31 bits per heavy atom. The number of benzene rings is 1. The highest BCUT2D eigenvalue weighted by Crippen LogP contribution is 1.98. The third-order valence-electron chi connectivity index (χ3n) is 1.19. The second kappa shape index (κ2) is 7.33. The summed E-state index contributed by atoms with van der Waals surface area (Å²) in [4.78, 5) is 10.8. The Balaban J connectivity index is 0.000000424. The molecule has 4 nitrogen and oxygen atoms in total. The van der Waals surface area contributed by atoms with Gasteiger partial charge in [0.25, 0.3) is 0 Å². The normalized spacial score (nSPS) is 7.92. The van der Waals surface area contributed by atoms with E-state index in [-0.39, 0.29) is 13.7 Å². The Hall–Kier alpha value is -1.33. The molecule has 0 aliphatic carbocycles. The van der Waals surface area contributed by atoms with Crippen molar-refractivity contribution < 1.29 is 19.6 Å². The van der Waals surface area contributed by atoms with Crippen molar-refractivity contribution in [3.05, 3.63) is 35.9 Å². The van der Waals surface area contributed by atoms with Crippen LogP contribution in [0.5, 0.6) is 0 Å². The number of methoxy groups -OCH3 is 1. The number of hydrogen-bond acceptors (Lipinski definition) is 4. The van der Waals surface area contributed by atoms with E-state index < -0.39 is 0 Å². The van der Waals surface area contributed by atoms with Crippen LogP contribution in [0.25, 0.3) is 0 Å². The molecule has 0 atom stereocenters. The van der Waals surface area contributed by atoms with Crippen LogP contribution in [0.1, 0.15) is 10.4 Å². The van der Waals surface area contributed by atoms with Gasteiger partial charge in [0.15, 0.2) is 0 Å². The van der Waals surface area contributed by atoms with Crippen molar-refractivity contribution in [3.8, 4) is 0 Å². The van der Waals surface area contributed by atoms with Crippen LogP contribution in [0.2, 0.25) is 0 Å². The number of ether oxygens (including phenoxy) is 1. The van der Waals surface area contributed by atoms with Crippen LogP contribution < -0.4 is 0 Å². The van der Waals surface area contributed by atoms with Gasteiger partial charge in [-0.1, -0.05) is 18.2 Å². The lowest BCUT2D eigenvalue weighted by molar-refractivity contribution is 0.0600. The molecule has 0 fully saturated rings. The summed E-state index contributed by atoms with van der Waals surface area (Å²) in [6, 6.07) is 8.88. The second-order valence-corrected chi connectivity index (χ2v) is 1.97. The van der Waals surface area contributed by atoms with Crippen LogP contribution in [0.3, 0.4) is 0 Å². The number of rotatable bonds is 1. The summed E-state index contributed by atoms with van der Waals surface area (Å²) in [7, 11) is 1.37. The third kappa shape index (κ3) is 5.00. The molecule has 0 unspecified atom stereocenters. The third-order valence-corrected chi connectivity index (χ3v) is 1.19. The molecule has 0 aliphatic rings. The van der Waals surface area contributed by atoms with E-state index in [0.717, 1.165) is 0 Å². The molecule has 13 heavy (non-hydrogen) atoms. The average molecular weight is 181 g/mol. The molecule has 1 aromatic carbocycles. The van der Waals surface area contributed by atoms with Gasteiger partial charge in [0.2, 0.25) is 0 Å². The Morgan fingerprint density at radius 2 is 1.77 bits per heavy atom. The monoisotopic (exact) mass is 181 g/mol. The molecule has 0 bridgehead atoms. The van der Waals surface area contributed by atoms with Crippen molar-refractivity contribution >= 4 is 13.7 Å². The first kappa shape index (κ1) is 11.7. The summed E-state index contributed by atoms with van der Waals surface area (Å²) in [6.45, 7) is 0. The molecule has 0 saturated carbocycles. The van der Waals surface area contributed by atoms with Gasteiger partial charge in [0.1, 0.15) is 0 Å². The summed E-state index contributed by atoms with van der Waals surface area (Å²) in [5.41, 5.74) is 0.588. The Bertz CT molecular complexity index is 237. The highest BCUT2D eigenvalue weighted by atomic mass is 16.5. The maximum atomic E-state index is 10.8. The first-order valence-electron chi connectivity index (χ1n) is 3.49. The lowest BCUT2D eigenvalue weighted by atomic mass is 10.2. The highest BCUT2D eigenvalue weighted by Gasteiger charge is 2.00. The Morgan fingerprint density at radius 3 is 2.15 bits per heavy atom. The zero-order valence-corrected chi connectivity index (χ0v) is 7.18. The Labute approximate surface area is 77.1 Å². The van der Waals surface area contributed by atoms with Gasteiger partial charge in [0.05, 0.1) is 12.7 Å². The van der Waals surface area contributed by atoms with Gasteiger partial charge in [0, 0.05) is 0 Å². The van der Waals surface area contributed by atoms with E-state index in [0.29, 0.717) is 5.56 Å². The molecule has 1 radical (unpaired) electrons. The number of carbonyl (C=O) groups excluding carboxylic acids is 1. The fraction of sp³-hybridized carbons (Fsp3) is 0.125. The molecule has 5 heteroatoms. The zero-order valence-electron chi connectivity index (χ0n) is 7.18. The zero-order chi connectivity index (χ0) is 10.1. The van der Waals surface area contributed by atoms with Crippen LogP contribution in [0.4, 0.5) is 0 Å². The molecule has 69 valence electrons. The summed E-state index contributed by atoms with van der Waals surface area (Å²) < 4.78 is 4.50. The summed E-state index contributed by atoms with van der Waals surface area (Å²) in [5.74, 6) is -0.291. The average Bonchev–Trinajstić information content (AvgIpc) is 2.19. The standard InChI is InChI=1S/C8H8O2.BH2O2/c1-10-8(9)7-5-3-2-4-6-7;2-1-3/h2-6H,1H3;2-3H. The largest absolute Gasteiger partial charge is 0.482 e. The van der Waals surface area contributed by atoms with E-state index >= 15 is 0 Å². The molecule has 0 heterocycles. The minimum atomic E-state index is -0.291. The van der Waals surface area contributed by atoms with Gasteiger partial charge in [-0.05, 0) is 12.1 Å². The molecular weight excluding hydrogens is 171 g/mol. The lowest BCUT2D eigenvalue weighted by Gasteiger charge is -1.95. The maximum absolute atomic E-state index is 10.8. The summed E-state index contributed by atoms with van der Waals surface area (Å²) >= 11 is 0. The molecule has 0 aliphatic heterocycles. The maximum Gasteiger partial charge on any atom is 0.482 e. The molecule has 1 rings (SSSR count). The molecular formula is C8H10BO4. The predicted molar refractivity (Wildman–Crippen MR) is 48.0 cm³/mol. The fourth-order valence-corrected chi connectivity index (χ4v) is 0.692. The van der Waals surface area contributed by atoms with E-state index in [4.69, 9.17) is 10.0 Å². The minimum Gasteiger partial charge on any atom is -0.465 e. The van der Waals surface area contributed by atoms with Gasteiger partial charge in [-0.15, -0.1) is 0 Å². The van der Waals surface area contributed by atoms with Gasteiger partial charge >= 0.3 is 13.7 Å². The minimum absolute atomic E-state index is 0. The van der Waals surface area contributed by atoms with Crippen molar-refractivity contribution in [2.75, 3.05) is 7.11 Å². The van der Waals surface area contributed by atoms with Crippen molar-refractivity contribution in [1.29, 1.82) is 0 Å². The van der Waals surface area contributed by atoms with Crippen LogP contribution in [0, 0.1) is 0 Å². The molecule has 2 N–H and O–H groups in total. The van der Waals surface area contributed by atoms with Gasteiger partial charge in [-0.25, -0.2) is 4.79 Å². The SMILES string of the molecule is COC(=O)c1ccccc1.O[B]O. The quantitative estimate of drug-likeness (QED) is 0.471. The van der Waals surface area contributed by atoms with Gasteiger partial charge < -0.3 is 14.8 Å².